The average Bonchev–Trinajstić information content (AvgIpc) is 2.40. The quantitative estimate of drug-likeness (QED) is 0.737. The normalized spacial score (nSPS) is 24.4. The lowest BCUT2D eigenvalue weighted by Gasteiger charge is -2.35. The summed E-state index contributed by atoms with van der Waals surface area (Å²) in [6.07, 6.45) is 6.16. The highest BCUT2D eigenvalue weighted by Gasteiger charge is 2.26. The van der Waals surface area contributed by atoms with Gasteiger partial charge in [0.2, 0.25) is 0 Å². The zero-order valence-electron chi connectivity index (χ0n) is 11.5. The molecule has 18 heavy (non-hydrogen) atoms. The summed E-state index contributed by atoms with van der Waals surface area (Å²) in [5.41, 5.74) is 2.80. The van der Waals surface area contributed by atoms with E-state index in [2.05, 4.69) is 43.1 Å². The van der Waals surface area contributed by atoms with E-state index in [0.29, 0.717) is 11.4 Å². The lowest BCUT2D eigenvalue weighted by Crippen LogP contribution is -2.40. The van der Waals surface area contributed by atoms with Gasteiger partial charge in [0, 0.05) is 18.0 Å². The van der Waals surface area contributed by atoms with E-state index in [0.717, 1.165) is 13.0 Å². The van der Waals surface area contributed by atoms with Crippen LogP contribution in [0.1, 0.15) is 43.7 Å². The molecule has 1 nitrogen and oxygen atoms in total. The summed E-state index contributed by atoms with van der Waals surface area (Å²) in [6.45, 7) is 3.21. The van der Waals surface area contributed by atoms with E-state index < -0.39 is 0 Å². The predicted octanol–water partition coefficient (Wildman–Crippen LogP) is 4.23. The molecule has 1 fully saturated rings. The number of nitrogens with zero attached hydrogens (tertiary/aromatic N) is 1. The molecule has 0 radical (unpaired) electrons. The van der Waals surface area contributed by atoms with Gasteiger partial charge < -0.3 is 0 Å². The van der Waals surface area contributed by atoms with E-state index in [1.165, 1.54) is 36.8 Å². The van der Waals surface area contributed by atoms with Crippen molar-refractivity contribution in [2.45, 2.75) is 57.0 Å². The number of hydrogen-bond acceptors (Lipinski definition) is 1. The molecule has 0 aromatic heterocycles. The third-order valence-electron chi connectivity index (χ3n) is 4.08. The van der Waals surface area contributed by atoms with Gasteiger partial charge in [-0.15, -0.1) is 11.6 Å². The van der Waals surface area contributed by atoms with Crippen molar-refractivity contribution in [1.82, 2.24) is 4.90 Å². The first-order valence-electron chi connectivity index (χ1n) is 7.13. The van der Waals surface area contributed by atoms with Crippen molar-refractivity contribution in [2.24, 2.45) is 0 Å². The van der Waals surface area contributed by atoms with Crippen LogP contribution in [0.3, 0.4) is 0 Å². The molecule has 0 heterocycles. The number of halogens is 1. The van der Waals surface area contributed by atoms with Gasteiger partial charge in [0.1, 0.15) is 0 Å². The van der Waals surface area contributed by atoms with Crippen LogP contribution in [0.25, 0.3) is 0 Å². The summed E-state index contributed by atoms with van der Waals surface area (Å²) in [5, 5.41) is 0.332. The van der Waals surface area contributed by atoms with Crippen LogP contribution in [0.4, 0.5) is 0 Å². The van der Waals surface area contributed by atoms with E-state index in [1.54, 1.807) is 0 Å². The fourth-order valence-electron chi connectivity index (χ4n) is 2.85. The largest absolute Gasteiger partial charge is 0.298 e. The lowest BCUT2D eigenvalue weighted by atomic mass is 9.93. The Morgan fingerprint density at radius 3 is 2.33 bits per heavy atom. The van der Waals surface area contributed by atoms with Crippen molar-refractivity contribution in [1.29, 1.82) is 0 Å². The van der Waals surface area contributed by atoms with Crippen LogP contribution < -0.4 is 0 Å². The van der Waals surface area contributed by atoms with Gasteiger partial charge >= 0.3 is 0 Å². The lowest BCUT2D eigenvalue weighted by molar-refractivity contribution is 0.188. The minimum Gasteiger partial charge on any atom is -0.298 e. The van der Waals surface area contributed by atoms with E-state index in [1.807, 2.05) is 0 Å². The van der Waals surface area contributed by atoms with Crippen LogP contribution in [-0.4, -0.2) is 23.4 Å². The van der Waals surface area contributed by atoms with Gasteiger partial charge in [0.25, 0.3) is 0 Å². The van der Waals surface area contributed by atoms with E-state index in [-0.39, 0.29) is 0 Å². The second kappa shape index (κ2) is 6.58. The van der Waals surface area contributed by atoms with Crippen molar-refractivity contribution in [3.63, 3.8) is 0 Å². The van der Waals surface area contributed by atoms with Gasteiger partial charge in [-0.05, 0) is 37.4 Å². The first-order chi connectivity index (χ1) is 8.70. The van der Waals surface area contributed by atoms with Crippen LogP contribution in [0, 0.1) is 0 Å². The smallest absolute Gasteiger partial charge is 0.0491 e. The highest BCUT2D eigenvalue weighted by Crippen LogP contribution is 2.27. The van der Waals surface area contributed by atoms with Gasteiger partial charge in [0.15, 0.2) is 0 Å². The summed E-state index contributed by atoms with van der Waals surface area (Å²) in [7, 11) is 2.21. The number of rotatable bonds is 4. The molecule has 2 unspecified atom stereocenters. The Bertz CT molecular complexity index is 360. The standard InChI is InChI=1S/C16H24ClN/c1-3-13-8-10-14(11-9-13)12-18(2)16-7-5-4-6-15(16)17/h8-11,15-16H,3-7,12H2,1-2H3. The van der Waals surface area contributed by atoms with Crippen molar-refractivity contribution in [3.05, 3.63) is 35.4 Å². The molecular formula is C16H24ClN. The zero-order valence-corrected chi connectivity index (χ0v) is 12.3. The fraction of sp³-hybridized carbons (Fsp3) is 0.625. The second-order valence-corrected chi connectivity index (χ2v) is 6.01. The highest BCUT2D eigenvalue weighted by atomic mass is 35.5. The number of aryl methyl sites for hydroxylation is 1. The summed E-state index contributed by atoms with van der Waals surface area (Å²) in [6, 6.07) is 9.53. The Morgan fingerprint density at radius 2 is 1.72 bits per heavy atom. The third-order valence-corrected chi connectivity index (χ3v) is 4.59. The maximum atomic E-state index is 6.45. The van der Waals surface area contributed by atoms with E-state index >= 15 is 0 Å². The number of benzene rings is 1. The maximum Gasteiger partial charge on any atom is 0.0491 e. The molecular weight excluding hydrogens is 242 g/mol. The molecule has 1 aliphatic carbocycles. The predicted molar refractivity (Wildman–Crippen MR) is 79.2 cm³/mol. The Kier molecular flexibility index (Phi) is 5.08. The molecule has 1 aromatic carbocycles. The molecule has 0 N–H and O–H groups in total. The molecule has 0 bridgehead atoms. The van der Waals surface area contributed by atoms with Crippen LogP contribution in [0.5, 0.6) is 0 Å². The molecule has 2 rings (SSSR count). The maximum absolute atomic E-state index is 6.45. The molecule has 100 valence electrons. The van der Waals surface area contributed by atoms with Gasteiger partial charge in [-0.2, -0.15) is 0 Å². The van der Waals surface area contributed by atoms with Gasteiger partial charge in [-0.1, -0.05) is 44.0 Å². The topological polar surface area (TPSA) is 3.24 Å². The third kappa shape index (κ3) is 3.49. The van der Waals surface area contributed by atoms with Gasteiger partial charge in [-0.25, -0.2) is 0 Å². The van der Waals surface area contributed by atoms with E-state index in [4.69, 9.17) is 11.6 Å². The average molecular weight is 266 g/mol. The molecule has 2 heteroatoms. The SMILES string of the molecule is CCc1ccc(CN(C)C2CCCCC2Cl)cc1. The second-order valence-electron chi connectivity index (χ2n) is 5.45. The van der Waals surface area contributed by atoms with Gasteiger partial charge in [-0.3, -0.25) is 4.90 Å². The molecule has 1 aromatic rings. The first kappa shape index (κ1) is 13.9. The Labute approximate surface area is 116 Å². The fourth-order valence-corrected chi connectivity index (χ4v) is 3.32. The zero-order chi connectivity index (χ0) is 13.0. The first-order valence-corrected chi connectivity index (χ1v) is 7.56. The van der Waals surface area contributed by atoms with Crippen LogP contribution in [0.2, 0.25) is 0 Å². The minimum absolute atomic E-state index is 0.332. The summed E-state index contributed by atoms with van der Waals surface area (Å²) in [4.78, 5) is 2.43. The van der Waals surface area contributed by atoms with Crippen molar-refractivity contribution >= 4 is 11.6 Å². The molecule has 0 spiro atoms. The number of hydrogen-bond donors (Lipinski definition) is 0. The van der Waals surface area contributed by atoms with Crippen molar-refractivity contribution < 1.29 is 0 Å². The molecule has 1 aliphatic rings. The molecule has 2 atom stereocenters. The summed E-state index contributed by atoms with van der Waals surface area (Å²) in [5.74, 6) is 0. The van der Waals surface area contributed by atoms with Gasteiger partial charge in [0.05, 0.1) is 0 Å². The van der Waals surface area contributed by atoms with Crippen LogP contribution in [0.15, 0.2) is 24.3 Å². The summed E-state index contributed by atoms with van der Waals surface area (Å²) >= 11 is 6.45. The van der Waals surface area contributed by atoms with Crippen LogP contribution >= 0.6 is 11.6 Å². The molecule has 1 saturated carbocycles. The molecule has 0 amide bonds. The Morgan fingerprint density at radius 1 is 1.11 bits per heavy atom. The number of alkyl halides is 1. The molecule has 0 aliphatic heterocycles. The van der Waals surface area contributed by atoms with Crippen LogP contribution in [-0.2, 0) is 13.0 Å². The Balaban J connectivity index is 1.94. The monoisotopic (exact) mass is 265 g/mol. The van der Waals surface area contributed by atoms with Crippen molar-refractivity contribution in [3.8, 4) is 0 Å². The molecule has 0 saturated heterocycles. The van der Waals surface area contributed by atoms with Crippen molar-refractivity contribution in [2.75, 3.05) is 7.05 Å². The van der Waals surface area contributed by atoms with E-state index in [9.17, 15) is 0 Å². The Hall–Kier alpha value is -0.530. The minimum atomic E-state index is 0.332. The summed E-state index contributed by atoms with van der Waals surface area (Å²) < 4.78 is 0. The highest BCUT2D eigenvalue weighted by molar-refractivity contribution is 6.21.